The Morgan fingerprint density at radius 1 is 1.19 bits per heavy atom. The van der Waals surface area contributed by atoms with Crippen LogP contribution < -0.4 is 0 Å². The van der Waals surface area contributed by atoms with Crippen molar-refractivity contribution in [2.75, 3.05) is 0 Å². The van der Waals surface area contributed by atoms with Crippen molar-refractivity contribution in [3.63, 3.8) is 0 Å². The molecule has 0 saturated heterocycles. The molecule has 0 aliphatic rings. The van der Waals surface area contributed by atoms with Gasteiger partial charge < -0.3 is 0 Å². The largest absolute Gasteiger partial charge is 0.292 e. The average molecular weight is 449 g/mol. The highest BCUT2D eigenvalue weighted by Crippen LogP contribution is 2.35. The molecule has 0 spiro atoms. The molecule has 0 amide bonds. The molecular formula is C15H10Br2Cl2N2. The third-order valence-corrected chi connectivity index (χ3v) is 4.82. The fourth-order valence-electron chi connectivity index (χ4n) is 2.27. The fourth-order valence-corrected chi connectivity index (χ4v) is 3.44. The van der Waals surface area contributed by atoms with Gasteiger partial charge in [-0.25, -0.2) is 4.98 Å². The molecule has 0 aliphatic heterocycles. The van der Waals surface area contributed by atoms with E-state index < -0.39 is 0 Å². The number of alkyl halides is 1. The summed E-state index contributed by atoms with van der Waals surface area (Å²) in [5.41, 5.74) is 2.64. The van der Waals surface area contributed by atoms with Crippen LogP contribution in [0, 0.1) is 0 Å². The molecular weight excluding hydrogens is 439 g/mol. The summed E-state index contributed by atoms with van der Waals surface area (Å²) in [6.07, 6.45) is 0. The van der Waals surface area contributed by atoms with E-state index in [0.29, 0.717) is 5.02 Å². The molecule has 6 heteroatoms. The van der Waals surface area contributed by atoms with E-state index >= 15 is 0 Å². The van der Waals surface area contributed by atoms with Crippen molar-refractivity contribution in [2.24, 2.45) is 0 Å². The number of benzene rings is 2. The van der Waals surface area contributed by atoms with E-state index in [-0.39, 0.29) is 5.38 Å². The summed E-state index contributed by atoms with van der Waals surface area (Å²) in [5, 5.41) is 0.412. The van der Waals surface area contributed by atoms with E-state index in [1.54, 1.807) is 0 Å². The van der Waals surface area contributed by atoms with Gasteiger partial charge in [-0.3, -0.25) is 4.57 Å². The highest BCUT2D eigenvalue weighted by molar-refractivity contribution is 9.11. The molecule has 1 aromatic heterocycles. The number of hydrogen-bond acceptors (Lipinski definition) is 1. The number of aromatic nitrogens is 2. The smallest absolute Gasteiger partial charge is 0.132 e. The first kappa shape index (κ1) is 15.3. The molecule has 1 heterocycles. The van der Waals surface area contributed by atoms with E-state index in [2.05, 4.69) is 36.8 Å². The summed E-state index contributed by atoms with van der Waals surface area (Å²) in [5.74, 6) is 0.763. The number of imidazole rings is 1. The van der Waals surface area contributed by atoms with Gasteiger partial charge in [-0.15, -0.1) is 11.6 Å². The summed E-state index contributed by atoms with van der Waals surface area (Å²) >= 11 is 19.8. The average Bonchev–Trinajstić information content (AvgIpc) is 2.82. The summed E-state index contributed by atoms with van der Waals surface area (Å²) in [4.78, 5) is 4.63. The zero-order valence-electron chi connectivity index (χ0n) is 10.9. The molecule has 0 N–H and O–H groups in total. The van der Waals surface area contributed by atoms with Crippen LogP contribution in [0.3, 0.4) is 0 Å². The summed E-state index contributed by atoms with van der Waals surface area (Å²) in [7, 11) is 0. The lowest BCUT2D eigenvalue weighted by Crippen LogP contribution is -2.03. The van der Waals surface area contributed by atoms with Crippen molar-refractivity contribution in [3.05, 3.63) is 56.2 Å². The highest BCUT2D eigenvalue weighted by atomic mass is 79.9. The normalized spacial score (nSPS) is 12.8. The van der Waals surface area contributed by atoms with Gasteiger partial charge >= 0.3 is 0 Å². The van der Waals surface area contributed by atoms with Gasteiger partial charge in [0.15, 0.2) is 0 Å². The lowest BCUT2D eigenvalue weighted by atomic mass is 10.2. The van der Waals surface area contributed by atoms with E-state index in [0.717, 1.165) is 31.5 Å². The molecule has 0 fully saturated rings. The highest BCUT2D eigenvalue weighted by Gasteiger charge is 2.19. The van der Waals surface area contributed by atoms with Gasteiger partial charge in [0.2, 0.25) is 0 Å². The second kappa shape index (κ2) is 5.92. The molecule has 2 nitrogen and oxygen atoms in total. The van der Waals surface area contributed by atoms with Crippen LogP contribution >= 0.6 is 55.1 Å². The minimum Gasteiger partial charge on any atom is -0.292 e. The van der Waals surface area contributed by atoms with Crippen LogP contribution in [-0.2, 0) is 0 Å². The number of halogens is 4. The second-order valence-corrected chi connectivity index (χ2v) is 7.46. The van der Waals surface area contributed by atoms with Crippen LogP contribution in [0.1, 0.15) is 18.1 Å². The fraction of sp³-hybridized carbons (Fsp3) is 0.133. The molecule has 0 radical (unpaired) electrons. The predicted octanol–water partition coefficient (Wildman–Crippen LogP) is 6.50. The summed E-state index contributed by atoms with van der Waals surface area (Å²) in [6.45, 7) is 1.90. The van der Waals surface area contributed by atoms with E-state index in [9.17, 15) is 0 Å². The maximum atomic E-state index is 6.39. The van der Waals surface area contributed by atoms with Crippen molar-refractivity contribution in [3.8, 4) is 5.69 Å². The van der Waals surface area contributed by atoms with Crippen LogP contribution in [0.4, 0.5) is 0 Å². The Morgan fingerprint density at radius 3 is 2.67 bits per heavy atom. The Bertz CT molecular complexity index is 828. The van der Waals surface area contributed by atoms with Crippen LogP contribution in [0.15, 0.2) is 45.3 Å². The molecule has 0 aliphatic carbocycles. The minimum atomic E-state index is -0.237. The van der Waals surface area contributed by atoms with Crippen molar-refractivity contribution >= 4 is 66.1 Å². The zero-order chi connectivity index (χ0) is 15.1. The minimum absolute atomic E-state index is 0.237. The Kier molecular flexibility index (Phi) is 4.33. The maximum absolute atomic E-state index is 6.39. The lowest BCUT2D eigenvalue weighted by molar-refractivity contribution is 0.880. The van der Waals surface area contributed by atoms with E-state index in [1.165, 1.54) is 0 Å². The quantitative estimate of drug-likeness (QED) is 0.409. The van der Waals surface area contributed by atoms with Gasteiger partial charge in [-0.1, -0.05) is 33.6 Å². The van der Waals surface area contributed by atoms with Crippen LogP contribution in [-0.4, -0.2) is 9.55 Å². The Balaban J connectivity index is 2.44. The maximum Gasteiger partial charge on any atom is 0.132 e. The number of para-hydroxylation sites is 1. The van der Waals surface area contributed by atoms with Crippen molar-refractivity contribution in [2.45, 2.75) is 12.3 Å². The van der Waals surface area contributed by atoms with E-state index in [4.69, 9.17) is 23.2 Å². The molecule has 1 atom stereocenters. The Morgan fingerprint density at radius 2 is 1.95 bits per heavy atom. The molecule has 108 valence electrons. The molecule has 0 bridgehead atoms. The van der Waals surface area contributed by atoms with Crippen LogP contribution in [0.5, 0.6) is 0 Å². The number of rotatable bonds is 2. The van der Waals surface area contributed by atoms with Crippen LogP contribution in [0.2, 0.25) is 5.02 Å². The standard InChI is InChI=1S/C15H10Br2Cl2N2/c1-8(18)15-20-12-4-2-3-11(19)14(12)21(15)13-7-9(16)5-6-10(13)17/h2-8H,1H3. The molecule has 3 aromatic rings. The first-order valence-electron chi connectivity index (χ1n) is 6.25. The summed E-state index contributed by atoms with van der Waals surface area (Å²) < 4.78 is 3.93. The van der Waals surface area contributed by atoms with Gasteiger partial charge in [0.05, 0.1) is 27.1 Å². The van der Waals surface area contributed by atoms with Gasteiger partial charge in [0.1, 0.15) is 5.82 Å². The number of fused-ring (bicyclic) bond motifs is 1. The molecule has 0 saturated carbocycles. The van der Waals surface area contributed by atoms with Crippen molar-refractivity contribution in [1.82, 2.24) is 9.55 Å². The van der Waals surface area contributed by atoms with Crippen LogP contribution in [0.25, 0.3) is 16.7 Å². The molecule has 2 aromatic carbocycles. The number of nitrogens with zero attached hydrogens (tertiary/aromatic N) is 2. The Labute approximate surface area is 149 Å². The zero-order valence-corrected chi connectivity index (χ0v) is 15.6. The number of hydrogen-bond donors (Lipinski definition) is 0. The molecule has 1 unspecified atom stereocenters. The van der Waals surface area contributed by atoms with Gasteiger partial charge in [-0.05, 0) is 53.2 Å². The molecule has 21 heavy (non-hydrogen) atoms. The second-order valence-electron chi connectivity index (χ2n) is 4.62. The van der Waals surface area contributed by atoms with Crippen molar-refractivity contribution < 1.29 is 0 Å². The lowest BCUT2D eigenvalue weighted by Gasteiger charge is -2.13. The Hall–Kier alpha value is -0.550. The predicted molar refractivity (Wildman–Crippen MR) is 95.7 cm³/mol. The molecule has 3 rings (SSSR count). The monoisotopic (exact) mass is 446 g/mol. The topological polar surface area (TPSA) is 17.8 Å². The van der Waals surface area contributed by atoms with Crippen molar-refractivity contribution in [1.29, 1.82) is 0 Å². The van der Waals surface area contributed by atoms with E-state index in [1.807, 2.05) is 47.9 Å². The first-order valence-corrected chi connectivity index (χ1v) is 8.65. The third kappa shape index (κ3) is 2.74. The van der Waals surface area contributed by atoms with Gasteiger partial charge in [-0.2, -0.15) is 0 Å². The first-order chi connectivity index (χ1) is 9.99. The van der Waals surface area contributed by atoms with Gasteiger partial charge in [0, 0.05) is 8.95 Å². The third-order valence-electron chi connectivity index (χ3n) is 3.16. The van der Waals surface area contributed by atoms with Gasteiger partial charge in [0.25, 0.3) is 0 Å². The SMILES string of the molecule is CC(Cl)c1nc2cccc(Cl)c2n1-c1cc(Br)ccc1Br. The summed E-state index contributed by atoms with van der Waals surface area (Å²) in [6, 6.07) is 11.6.